The molecule has 1 heterocycles. The largest absolute Gasteiger partial charge is 0.481 e. The van der Waals surface area contributed by atoms with Gasteiger partial charge in [0, 0.05) is 11.9 Å². The van der Waals surface area contributed by atoms with Crippen LogP contribution >= 0.6 is 10.5 Å². The van der Waals surface area contributed by atoms with Crippen molar-refractivity contribution < 1.29 is 9.90 Å². The number of hydrogen-bond acceptors (Lipinski definition) is 2. The van der Waals surface area contributed by atoms with E-state index in [2.05, 4.69) is 11.2 Å². The Labute approximate surface area is 67.3 Å². The molecule has 0 saturated heterocycles. The lowest BCUT2D eigenvalue weighted by Crippen LogP contribution is -2.11. The van der Waals surface area contributed by atoms with E-state index in [1.807, 2.05) is 10.8 Å². The first-order valence-corrected chi connectivity index (χ1v) is 4.58. The Morgan fingerprint density at radius 3 is 3.09 bits per heavy atom. The molecular formula is C7H9NO2S. The van der Waals surface area contributed by atoms with E-state index in [0.717, 1.165) is 5.70 Å². The van der Waals surface area contributed by atoms with Gasteiger partial charge < -0.3 is 10.4 Å². The van der Waals surface area contributed by atoms with E-state index < -0.39 is 5.97 Å². The second-order valence-electron chi connectivity index (χ2n) is 2.13. The highest BCUT2D eigenvalue weighted by Crippen LogP contribution is 2.19. The van der Waals surface area contributed by atoms with Gasteiger partial charge in [-0.25, -0.2) is 0 Å². The van der Waals surface area contributed by atoms with E-state index >= 15 is 0 Å². The first kappa shape index (κ1) is 8.07. The summed E-state index contributed by atoms with van der Waals surface area (Å²) in [4.78, 5) is 10.3. The van der Waals surface area contributed by atoms with E-state index in [4.69, 9.17) is 5.11 Å². The fourth-order valence-electron chi connectivity index (χ4n) is 0.740. The zero-order valence-corrected chi connectivity index (χ0v) is 6.73. The van der Waals surface area contributed by atoms with Gasteiger partial charge in [-0.05, 0) is 10.8 Å². The van der Waals surface area contributed by atoms with E-state index in [-0.39, 0.29) is 16.9 Å². The number of hydrogen-bond donors (Lipinski definition) is 2. The molecule has 0 bridgehead atoms. The third-order valence-corrected chi connectivity index (χ3v) is 2.22. The minimum atomic E-state index is -0.823. The van der Waals surface area contributed by atoms with Crippen molar-refractivity contribution in [3.05, 3.63) is 22.7 Å². The molecule has 0 aromatic carbocycles. The molecule has 0 aromatic rings. The molecule has 0 spiro atoms. The molecule has 1 aliphatic rings. The highest BCUT2D eigenvalue weighted by Gasteiger charge is 2.03. The van der Waals surface area contributed by atoms with Crippen molar-refractivity contribution >= 4 is 22.3 Å². The van der Waals surface area contributed by atoms with Gasteiger partial charge in [0.2, 0.25) is 0 Å². The lowest BCUT2D eigenvalue weighted by molar-refractivity contribution is -0.136. The van der Waals surface area contributed by atoms with Crippen molar-refractivity contribution in [2.75, 3.05) is 0 Å². The Bertz CT molecular complexity index is 255. The Kier molecular flexibility index (Phi) is 2.48. The lowest BCUT2D eigenvalue weighted by Gasteiger charge is -2.09. The van der Waals surface area contributed by atoms with Gasteiger partial charge >= 0.3 is 5.97 Å². The number of rotatable bonds is 2. The molecule has 4 heteroatoms. The molecule has 1 unspecified atom stereocenters. The summed E-state index contributed by atoms with van der Waals surface area (Å²) in [6.07, 6.45) is 1.78. The fourth-order valence-corrected chi connectivity index (χ4v) is 1.58. The van der Waals surface area contributed by atoms with E-state index in [1.54, 1.807) is 6.20 Å². The first-order valence-electron chi connectivity index (χ1n) is 3.06. The van der Waals surface area contributed by atoms with Crippen molar-refractivity contribution in [2.24, 2.45) is 0 Å². The highest BCUT2D eigenvalue weighted by atomic mass is 32.2. The number of carboxylic acids is 1. The molecule has 0 radical (unpaired) electrons. The molecule has 3 nitrogen and oxygen atoms in total. The van der Waals surface area contributed by atoms with Crippen molar-refractivity contribution in [1.82, 2.24) is 5.32 Å². The predicted molar refractivity (Wildman–Crippen MR) is 47.3 cm³/mol. The lowest BCUT2D eigenvalue weighted by atomic mass is 10.3. The Morgan fingerprint density at radius 1 is 1.82 bits per heavy atom. The number of carbonyl (C=O) groups is 1. The monoisotopic (exact) mass is 171 g/mol. The second-order valence-corrected chi connectivity index (χ2v) is 3.58. The summed E-state index contributed by atoms with van der Waals surface area (Å²) in [5, 5.41) is 15.0. The van der Waals surface area contributed by atoms with E-state index in [0.29, 0.717) is 0 Å². The first-order chi connectivity index (χ1) is 5.18. The van der Waals surface area contributed by atoms with Gasteiger partial charge in [-0.15, -0.1) is 10.5 Å². The fraction of sp³-hybridized carbons (Fsp3) is 0.143. The second kappa shape index (κ2) is 3.39. The van der Waals surface area contributed by atoms with Gasteiger partial charge in [-0.1, -0.05) is 5.87 Å². The molecule has 1 atom stereocenters. The summed E-state index contributed by atoms with van der Waals surface area (Å²) in [5.41, 5.74) is 0.721. The van der Waals surface area contributed by atoms with Crippen LogP contribution in [0.25, 0.3) is 0 Å². The number of carboxylic acid groups (broad SMARTS) is 1. The summed E-state index contributed by atoms with van der Waals surface area (Å²) in [6.45, 7) is 0. The van der Waals surface area contributed by atoms with Crippen LogP contribution in [-0.2, 0) is 4.79 Å². The third-order valence-electron chi connectivity index (χ3n) is 1.15. The summed E-state index contributed by atoms with van der Waals surface area (Å²) in [6, 6.07) is 0. The standard InChI is InChI=1S/C7H9NO2S/c1-11-3-2-8-6(5-11)4-7(9)10/h2-3,5,8H,1,4H2,(H,9,10). The average Bonchev–Trinajstić information content (AvgIpc) is 1.85. The summed E-state index contributed by atoms with van der Waals surface area (Å²) >= 11 is 0. The minimum Gasteiger partial charge on any atom is -0.481 e. The van der Waals surface area contributed by atoms with Gasteiger partial charge in [0.25, 0.3) is 0 Å². The molecule has 11 heavy (non-hydrogen) atoms. The van der Waals surface area contributed by atoms with Gasteiger partial charge in [0.15, 0.2) is 0 Å². The van der Waals surface area contributed by atoms with Gasteiger partial charge in [-0.3, -0.25) is 4.79 Å². The summed E-state index contributed by atoms with van der Waals surface area (Å²) in [5.74, 6) is 2.96. The van der Waals surface area contributed by atoms with Crippen LogP contribution in [0.2, 0.25) is 0 Å². The van der Waals surface area contributed by atoms with Crippen LogP contribution in [0.3, 0.4) is 0 Å². The molecule has 0 fully saturated rings. The van der Waals surface area contributed by atoms with Crippen LogP contribution < -0.4 is 5.32 Å². The molecule has 1 rings (SSSR count). The normalized spacial score (nSPS) is 22.2. The third kappa shape index (κ3) is 2.59. The molecule has 0 saturated carbocycles. The van der Waals surface area contributed by atoms with Crippen LogP contribution in [0.4, 0.5) is 0 Å². The van der Waals surface area contributed by atoms with Crippen LogP contribution in [0.1, 0.15) is 6.42 Å². The maximum Gasteiger partial charge on any atom is 0.309 e. The molecule has 1 aliphatic heterocycles. The Morgan fingerprint density at radius 2 is 2.55 bits per heavy atom. The van der Waals surface area contributed by atoms with Crippen molar-refractivity contribution in [1.29, 1.82) is 0 Å². The minimum absolute atomic E-state index is 0.0450. The molecule has 0 amide bonds. The molecule has 0 aromatic heterocycles. The van der Waals surface area contributed by atoms with Crippen LogP contribution in [0.5, 0.6) is 0 Å². The van der Waals surface area contributed by atoms with Crippen LogP contribution in [0, 0.1) is 0 Å². The maximum absolute atomic E-state index is 10.3. The van der Waals surface area contributed by atoms with E-state index in [9.17, 15) is 4.79 Å². The predicted octanol–water partition coefficient (Wildman–Crippen LogP) is 1.08. The average molecular weight is 171 g/mol. The molecule has 60 valence electrons. The molecule has 0 aliphatic carbocycles. The Hall–Kier alpha value is -1.03. The Balaban J connectivity index is 2.60. The van der Waals surface area contributed by atoms with Crippen molar-refractivity contribution in [3.8, 4) is 0 Å². The zero-order chi connectivity index (χ0) is 8.27. The topological polar surface area (TPSA) is 49.3 Å². The maximum atomic E-state index is 10.3. The van der Waals surface area contributed by atoms with Crippen LogP contribution in [-0.4, -0.2) is 16.9 Å². The van der Waals surface area contributed by atoms with Gasteiger partial charge in [0.05, 0.1) is 6.42 Å². The molecular weight excluding hydrogens is 162 g/mol. The smallest absolute Gasteiger partial charge is 0.309 e. The molecule has 2 N–H and O–H groups in total. The SMILES string of the molecule is C=S1C=CNC(CC(=O)O)=C1. The quantitative estimate of drug-likeness (QED) is 0.611. The van der Waals surface area contributed by atoms with Crippen molar-refractivity contribution in [2.45, 2.75) is 6.42 Å². The zero-order valence-electron chi connectivity index (χ0n) is 5.91. The number of aliphatic carboxylic acids is 1. The van der Waals surface area contributed by atoms with Gasteiger partial charge in [0.1, 0.15) is 0 Å². The summed E-state index contributed by atoms with van der Waals surface area (Å²) in [7, 11) is -0.155. The van der Waals surface area contributed by atoms with Gasteiger partial charge in [-0.2, -0.15) is 0 Å². The highest BCUT2D eigenvalue weighted by molar-refractivity contribution is 8.19. The van der Waals surface area contributed by atoms with Crippen molar-refractivity contribution in [3.63, 3.8) is 0 Å². The van der Waals surface area contributed by atoms with Crippen LogP contribution in [0.15, 0.2) is 22.7 Å². The van der Waals surface area contributed by atoms with E-state index in [1.165, 1.54) is 0 Å². The number of nitrogens with one attached hydrogen (secondary N) is 1. The summed E-state index contributed by atoms with van der Waals surface area (Å²) < 4.78 is 0.